The zero-order valence-corrected chi connectivity index (χ0v) is 10.6. The van der Waals surface area contributed by atoms with E-state index in [9.17, 15) is 0 Å². The maximum atomic E-state index is 4.36. The molecule has 0 radical (unpaired) electrons. The van der Waals surface area contributed by atoms with Crippen LogP contribution in [0.3, 0.4) is 0 Å². The molecule has 0 aliphatic rings. The molecule has 0 saturated carbocycles. The second-order valence-electron chi connectivity index (χ2n) is 4.40. The number of anilines is 1. The van der Waals surface area contributed by atoms with Crippen LogP contribution in [0.4, 0.5) is 5.69 Å². The molecular formula is C15H14N4. The summed E-state index contributed by atoms with van der Waals surface area (Å²) >= 11 is 0. The van der Waals surface area contributed by atoms with Gasteiger partial charge in [-0.2, -0.15) is 10.2 Å². The lowest BCUT2D eigenvalue weighted by atomic mass is 10.1. The molecule has 1 atom stereocenters. The fraction of sp³-hybridized carbons (Fsp3) is 0.133. The second kappa shape index (κ2) is 5.02. The van der Waals surface area contributed by atoms with Crippen LogP contribution in [0.1, 0.15) is 18.7 Å². The first-order chi connectivity index (χ1) is 9.34. The molecule has 3 aromatic rings. The van der Waals surface area contributed by atoms with Crippen LogP contribution in [-0.4, -0.2) is 15.2 Å². The lowest BCUT2D eigenvalue weighted by Crippen LogP contribution is -2.09. The summed E-state index contributed by atoms with van der Waals surface area (Å²) in [5.41, 5.74) is 2.87. The average Bonchev–Trinajstić information content (AvgIpc) is 2.48. The van der Waals surface area contributed by atoms with Gasteiger partial charge in [0.1, 0.15) is 0 Å². The highest BCUT2D eigenvalue weighted by molar-refractivity contribution is 5.90. The quantitative estimate of drug-likeness (QED) is 0.775. The maximum absolute atomic E-state index is 4.36. The summed E-state index contributed by atoms with van der Waals surface area (Å²) in [6.45, 7) is 2.08. The summed E-state index contributed by atoms with van der Waals surface area (Å²) in [4.78, 5) is 4.36. The van der Waals surface area contributed by atoms with Crippen molar-refractivity contribution in [3.63, 3.8) is 0 Å². The van der Waals surface area contributed by atoms with Crippen LogP contribution < -0.4 is 5.32 Å². The fourth-order valence-corrected chi connectivity index (χ4v) is 2.06. The van der Waals surface area contributed by atoms with E-state index in [4.69, 9.17) is 0 Å². The molecule has 0 fully saturated rings. The van der Waals surface area contributed by atoms with Crippen LogP contribution in [-0.2, 0) is 0 Å². The maximum Gasteiger partial charge on any atom is 0.0950 e. The van der Waals surface area contributed by atoms with Crippen molar-refractivity contribution in [3.8, 4) is 0 Å². The van der Waals surface area contributed by atoms with Crippen LogP contribution >= 0.6 is 0 Å². The molecule has 4 heteroatoms. The van der Waals surface area contributed by atoms with Gasteiger partial charge in [0.25, 0.3) is 0 Å². The Labute approximate surface area is 111 Å². The highest BCUT2D eigenvalue weighted by Crippen LogP contribution is 2.23. The van der Waals surface area contributed by atoms with Gasteiger partial charge in [-0.3, -0.25) is 4.98 Å². The van der Waals surface area contributed by atoms with E-state index in [0.717, 1.165) is 22.3 Å². The molecule has 1 N–H and O–H groups in total. The number of pyridine rings is 1. The van der Waals surface area contributed by atoms with Gasteiger partial charge in [0.15, 0.2) is 0 Å². The molecule has 0 bridgehead atoms. The Bertz CT molecular complexity index is 677. The Hall–Kier alpha value is -2.49. The minimum atomic E-state index is 0.119. The van der Waals surface area contributed by atoms with Crippen LogP contribution in [0.5, 0.6) is 0 Å². The predicted octanol–water partition coefficient (Wildman–Crippen LogP) is 3.20. The van der Waals surface area contributed by atoms with Crippen molar-refractivity contribution in [2.24, 2.45) is 0 Å². The molecule has 94 valence electrons. The van der Waals surface area contributed by atoms with Gasteiger partial charge in [0, 0.05) is 11.6 Å². The van der Waals surface area contributed by atoms with E-state index in [1.54, 1.807) is 12.4 Å². The lowest BCUT2D eigenvalue weighted by molar-refractivity contribution is 0.838. The number of fused-ring (bicyclic) bond motifs is 1. The van der Waals surface area contributed by atoms with Gasteiger partial charge in [0.2, 0.25) is 0 Å². The first-order valence-electron chi connectivity index (χ1n) is 6.22. The van der Waals surface area contributed by atoms with Crippen molar-refractivity contribution in [2.75, 3.05) is 5.32 Å². The van der Waals surface area contributed by atoms with Crippen molar-refractivity contribution in [2.45, 2.75) is 13.0 Å². The van der Waals surface area contributed by atoms with E-state index in [-0.39, 0.29) is 6.04 Å². The number of rotatable bonds is 3. The van der Waals surface area contributed by atoms with E-state index in [0.29, 0.717) is 0 Å². The number of benzene rings is 1. The molecule has 0 amide bonds. The molecule has 2 heterocycles. The summed E-state index contributed by atoms with van der Waals surface area (Å²) in [6.07, 6.45) is 3.55. The molecule has 4 nitrogen and oxygen atoms in total. The number of aromatic nitrogens is 3. The largest absolute Gasteiger partial charge is 0.375 e. The number of nitrogens with zero attached hydrogens (tertiary/aromatic N) is 3. The van der Waals surface area contributed by atoms with E-state index < -0.39 is 0 Å². The number of nitrogens with one attached hydrogen (secondary N) is 1. The Morgan fingerprint density at radius 1 is 1.05 bits per heavy atom. The highest BCUT2D eigenvalue weighted by Gasteiger charge is 2.08. The number of hydrogen-bond donors (Lipinski definition) is 1. The third-order valence-electron chi connectivity index (χ3n) is 3.05. The van der Waals surface area contributed by atoms with Gasteiger partial charge < -0.3 is 5.32 Å². The molecule has 1 unspecified atom stereocenters. The third-order valence-corrected chi connectivity index (χ3v) is 3.05. The van der Waals surface area contributed by atoms with Gasteiger partial charge in [-0.05, 0) is 25.1 Å². The van der Waals surface area contributed by atoms with E-state index >= 15 is 0 Å². The molecule has 1 aromatic carbocycles. The monoisotopic (exact) mass is 250 g/mol. The Morgan fingerprint density at radius 3 is 2.74 bits per heavy atom. The summed E-state index contributed by atoms with van der Waals surface area (Å²) in [5, 5.41) is 12.6. The molecule has 19 heavy (non-hydrogen) atoms. The van der Waals surface area contributed by atoms with Crippen LogP contribution in [0.2, 0.25) is 0 Å². The molecule has 0 saturated heterocycles. The summed E-state index contributed by atoms with van der Waals surface area (Å²) in [5.74, 6) is 0. The Balaban J connectivity index is 1.94. The van der Waals surface area contributed by atoms with Gasteiger partial charge in [-0.1, -0.05) is 24.3 Å². The van der Waals surface area contributed by atoms with Gasteiger partial charge in [-0.15, -0.1) is 0 Å². The molecule has 0 spiro atoms. The van der Waals surface area contributed by atoms with E-state index in [2.05, 4.69) is 27.4 Å². The molecular weight excluding hydrogens is 236 g/mol. The van der Waals surface area contributed by atoms with Crippen molar-refractivity contribution in [1.82, 2.24) is 15.2 Å². The van der Waals surface area contributed by atoms with Gasteiger partial charge in [0.05, 0.1) is 29.1 Å². The number of hydrogen-bond acceptors (Lipinski definition) is 4. The van der Waals surface area contributed by atoms with Crippen molar-refractivity contribution < 1.29 is 0 Å². The average molecular weight is 250 g/mol. The molecule has 0 aliphatic heterocycles. The third kappa shape index (κ3) is 2.38. The Morgan fingerprint density at radius 2 is 1.89 bits per heavy atom. The van der Waals surface area contributed by atoms with Crippen LogP contribution in [0.25, 0.3) is 10.9 Å². The topological polar surface area (TPSA) is 50.7 Å². The van der Waals surface area contributed by atoms with Crippen LogP contribution in [0, 0.1) is 0 Å². The SMILES string of the molecule is CC(Nc1cnnc2ccccc12)c1ccccn1. The predicted molar refractivity (Wildman–Crippen MR) is 75.8 cm³/mol. The van der Waals surface area contributed by atoms with Gasteiger partial charge >= 0.3 is 0 Å². The smallest absolute Gasteiger partial charge is 0.0950 e. The highest BCUT2D eigenvalue weighted by atomic mass is 15.1. The van der Waals surface area contributed by atoms with E-state index in [1.165, 1.54) is 0 Å². The molecule has 0 aliphatic carbocycles. The summed E-state index contributed by atoms with van der Waals surface area (Å²) in [7, 11) is 0. The van der Waals surface area contributed by atoms with E-state index in [1.807, 2.05) is 42.5 Å². The second-order valence-corrected chi connectivity index (χ2v) is 4.40. The van der Waals surface area contributed by atoms with Crippen molar-refractivity contribution >= 4 is 16.6 Å². The first kappa shape index (κ1) is 11.6. The summed E-state index contributed by atoms with van der Waals surface area (Å²) in [6, 6.07) is 14.0. The Kier molecular flexibility index (Phi) is 3.06. The minimum Gasteiger partial charge on any atom is -0.375 e. The van der Waals surface area contributed by atoms with Crippen LogP contribution in [0.15, 0.2) is 54.9 Å². The molecule has 2 aromatic heterocycles. The fourth-order valence-electron chi connectivity index (χ4n) is 2.06. The van der Waals surface area contributed by atoms with Crippen molar-refractivity contribution in [3.05, 3.63) is 60.6 Å². The zero-order chi connectivity index (χ0) is 13.1. The summed E-state index contributed by atoms with van der Waals surface area (Å²) < 4.78 is 0. The first-order valence-corrected chi connectivity index (χ1v) is 6.22. The lowest BCUT2D eigenvalue weighted by Gasteiger charge is -2.15. The minimum absolute atomic E-state index is 0.119. The standard InChI is InChI=1S/C15H14N4/c1-11(13-7-4-5-9-16-13)18-15-10-17-19-14-8-3-2-6-12(14)15/h2-11H,1H3,(H,18,19). The van der Waals surface area contributed by atoms with Gasteiger partial charge in [-0.25, -0.2) is 0 Å². The normalized spacial score (nSPS) is 12.3. The van der Waals surface area contributed by atoms with Crippen molar-refractivity contribution in [1.29, 1.82) is 0 Å². The zero-order valence-electron chi connectivity index (χ0n) is 10.6. The molecule has 3 rings (SSSR count).